The van der Waals surface area contributed by atoms with Crippen molar-refractivity contribution < 1.29 is 18.7 Å². The third-order valence-electron chi connectivity index (χ3n) is 3.30. The molecule has 5 nitrogen and oxygen atoms in total. The van der Waals surface area contributed by atoms with E-state index in [1.54, 1.807) is 25.1 Å². The van der Waals surface area contributed by atoms with E-state index in [0.717, 1.165) is 10.1 Å². The van der Waals surface area contributed by atoms with Crippen molar-refractivity contribution >= 4 is 33.3 Å². The first-order valence-corrected chi connectivity index (χ1v) is 7.95. The van der Waals surface area contributed by atoms with Gasteiger partial charge in [0.15, 0.2) is 6.10 Å². The zero-order valence-corrected chi connectivity index (χ0v) is 13.3. The normalized spacial score (nSPS) is 12.0. The summed E-state index contributed by atoms with van der Waals surface area (Å²) in [5.74, 6) is -0.218. The van der Waals surface area contributed by atoms with Crippen LogP contribution < -0.4 is 5.32 Å². The van der Waals surface area contributed by atoms with Crippen LogP contribution in [0.4, 0.5) is 0 Å². The second kappa shape index (κ2) is 6.66. The Kier molecular flexibility index (Phi) is 4.43. The lowest BCUT2D eigenvalue weighted by Gasteiger charge is -2.12. The van der Waals surface area contributed by atoms with Crippen LogP contribution in [0.25, 0.3) is 10.1 Å². The number of rotatable bonds is 5. The lowest BCUT2D eigenvalue weighted by Crippen LogP contribution is -2.35. The van der Waals surface area contributed by atoms with Crippen molar-refractivity contribution in [1.29, 1.82) is 0 Å². The summed E-state index contributed by atoms with van der Waals surface area (Å²) in [6.45, 7) is 1.80. The molecule has 0 aliphatic carbocycles. The highest BCUT2D eigenvalue weighted by Gasteiger charge is 2.20. The van der Waals surface area contributed by atoms with Crippen molar-refractivity contribution in [3.05, 3.63) is 59.4 Å². The van der Waals surface area contributed by atoms with Gasteiger partial charge in [-0.25, -0.2) is 4.79 Å². The van der Waals surface area contributed by atoms with Gasteiger partial charge in [-0.3, -0.25) is 4.79 Å². The van der Waals surface area contributed by atoms with Gasteiger partial charge in [0, 0.05) is 4.70 Å². The average Bonchev–Trinajstić information content (AvgIpc) is 3.21. The van der Waals surface area contributed by atoms with Gasteiger partial charge < -0.3 is 14.5 Å². The van der Waals surface area contributed by atoms with Gasteiger partial charge in [0.25, 0.3) is 5.91 Å². The average molecular weight is 329 g/mol. The molecule has 1 atom stereocenters. The lowest BCUT2D eigenvalue weighted by atomic mass is 10.2. The van der Waals surface area contributed by atoms with E-state index < -0.39 is 12.1 Å². The van der Waals surface area contributed by atoms with E-state index in [4.69, 9.17) is 9.15 Å². The van der Waals surface area contributed by atoms with Gasteiger partial charge in [0.1, 0.15) is 10.6 Å². The highest BCUT2D eigenvalue weighted by atomic mass is 32.1. The second-order valence-corrected chi connectivity index (χ2v) is 6.08. The second-order valence-electron chi connectivity index (χ2n) is 4.99. The predicted molar refractivity (Wildman–Crippen MR) is 87.3 cm³/mol. The van der Waals surface area contributed by atoms with Crippen molar-refractivity contribution in [3.63, 3.8) is 0 Å². The first kappa shape index (κ1) is 15.3. The summed E-state index contributed by atoms with van der Waals surface area (Å²) in [4.78, 5) is 24.6. The monoisotopic (exact) mass is 329 g/mol. The molecule has 2 heterocycles. The summed E-state index contributed by atoms with van der Waals surface area (Å²) in [6, 6.07) is 13.0. The van der Waals surface area contributed by atoms with E-state index in [2.05, 4.69) is 5.32 Å². The van der Waals surface area contributed by atoms with E-state index in [0.29, 0.717) is 10.6 Å². The summed E-state index contributed by atoms with van der Waals surface area (Å²) >= 11 is 1.35. The number of furan rings is 1. The topological polar surface area (TPSA) is 68.5 Å². The van der Waals surface area contributed by atoms with Crippen LogP contribution in [0.2, 0.25) is 0 Å². The molecule has 0 unspecified atom stereocenters. The molecule has 6 heteroatoms. The number of benzene rings is 1. The van der Waals surface area contributed by atoms with Gasteiger partial charge >= 0.3 is 5.97 Å². The molecular formula is C17H15NO4S. The summed E-state index contributed by atoms with van der Waals surface area (Å²) in [5, 5.41) is 3.65. The van der Waals surface area contributed by atoms with Gasteiger partial charge in [-0.15, -0.1) is 11.3 Å². The number of esters is 1. The summed E-state index contributed by atoms with van der Waals surface area (Å²) in [6.07, 6.45) is 0.662. The highest BCUT2D eigenvalue weighted by Crippen LogP contribution is 2.26. The molecule has 3 aromatic rings. The number of thiophene rings is 1. The fourth-order valence-corrected chi connectivity index (χ4v) is 3.03. The standard InChI is InChI=1S/C17H15NO4S/c1-11(16(19)18-10-13-6-4-8-21-13)22-17(20)15-9-12-5-2-3-7-14(12)23-15/h2-9,11H,10H2,1H3,(H,18,19)/t11-/m0/s1. The van der Waals surface area contributed by atoms with Crippen LogP contribution in [-0.4, -0.2) is 18.0 Å². The Labute approximate surface area is 136 Å². The number of amides is 1. The smallest absolute Gasteiger partial charge is 0.349 e. The Hall–Kier alpha value is -2.60. The maximum absolute atomic E-state index is 12.2. The highest BCUT2D eigenvalue weighted by molar-refractivity contribution is 7.20. The summed E-state index contributed by atoms with van der Waals surface area (Å²) < 4.78 is 11.4. The number of hydrogen-bond donors (Lipinski definition) is 1. The summed E-state index contributed by atoms with van der Waals surface area (Å²) in [7, 11) is 0. The van der Waals surface area contributed by atoms with Crippen molar-refractivity contribution in [2.24, 2.45) is 0 Å². The van der Waals surface area contributed by atoms with Gasteiger partial charge in [0.2, 0.25) is 0 Å². The first-order chi connectivity index (χ1) is 11.1. The largest absolute Gasteiger partial charge is 0.467 e. The minimum absolute atomic E-state index is 0.261. The fraction of sp³-hybridized carbons (Fsp3) is 0.176. The molecule has 0 saturated carbocycles. The van der Waals surface area contributed by atoms with Crippen LogP contribution >= 0.6 is 11.3 Å². The van der Waals surface area contributed by atoms with Gasteiger partial charge in [-0.05, 0) is 36.6 Å². The summed E-state index contributed by atoms with van der Waals surface area (Å²) in [5.41, 5.74) is 0. The fourth-order valence-electron chi connectivity index (χ4n) is 2.09. The van der Waals surface area contributed by atoms with Crippen molar-refractivity contribution in [3.8, 4) is 0 Å². The van der Waals surface area contributed by atoms with Gasteiger partial charge in [-0.1, -0.05) is 18.2 Å². The molecule has 1 amide bonds. The quantitative estimate of drug-likeness (QED) is 0.729. The maximum Gasteiger partial charge on any atom is 0.349 e. The Balaban J connectivity index is 1.58. The van der Waals surface area contributed by atoms with Gasteiger partial charge in [0.05, 0.1) is 12.8 Å². The van der Waals surface area contributed by atoms with Crippen LogP contribution in [0.15, 0.2) is 53.1 Å². The molecule has 0 saturated heterocycles. The Morgan fingerprint density at radius 1 is 1.26 bits per heavy atom. The van der Waals surface area contributed by atoms with Crippen LogP contribution in [-0.2, 0) is 16.1 Å². The van der Waals surface area contributed by atoms with Crippen molar-refractivity contribution in [2.45, 2.75) is 19.6 Å². The zero-order valence-electron chi connectivity index (χ0n) is 12.4. The molecule has 2 aromatic heterocycles. The van der Waals surface area contributed by atoms with Gasteiger partial charge in [-0.2, -0.15) is 0 Å². The molecule has 1 aromatic carbocycles. The maximum atomic E-state index is 12.2. The molecule has 23 heavy (non-hydrogen) atoms. The van der Waals surface area contributed by atoms with Crippen molar-refractivity contribution in [2.75, 3.05) is 0 Å². The molecule has 3 rings (SSSR count). The van der Waals surface area contributed by atoms with E-state index in [9.17, 15) is 9.59 Å². The van der Waals surface area contributed by atoms with E-state index in [-0.39, 0.29) is 12.5 Å². The molecule has 0 spiro atoms. The molecule has 1 N–H and O–H groups in total. The molecule has 0 fully saturated rings. The first-order valence-electron chi connectivity index (χ1n) is 7.13. The molecule has 0 radical (unpaired) electrons. The van der Waals surface area contributed by atoms with Crippen LogP contribution in [0.5, 0.6) is 0 Å². The third-order valence-corrected chi connectivity index (χ3v) is 4.39. The lowest BCUT2D eigenvalue weighted by molar-refractivity contribution is -0.129. The molecule has 0 bridgehead atoms. The molecule has 0 aliphatic heterocycles. The zero-order chi connectivity index (χ0) is 16.2. The molecular weight excluding hydrogens is 314 g/mol. The van der Waals surface area contributed by atoms with Crippen LogP contribution in [0, 0.1) is 0 Å². The SMILES string of the molecule is C[C@H](OC(=O)c1cc2ccccc2s1)C(=O)NCc1ccco1. The minimum atomic E-state index is -0.873. The van der Waals surface area contributed by atoms with Crippen LogP contribution in [0.1, 0.15) is 22.4 Å². The Morgan fingerprint density at radius 2 is 2.09 bits per heavy atom. The predicted octanol–water partition coefficient (Wildman–Crippen LogP) is 3.36. The molecule has 118 valence electrons. The van der Waals surface area contributed by atoms with E-state index in [1.165, 1.54) is 17.6 Å². The number of fused-ring (bicyclic) bond motifs is 1. The number of ether oxygens (including phenoxy) is 1. The molecule has 0 aliphatic rings. The number of nitrogens with one attached hydrogen (secondary N) is 1. The Morgan fingerprint density at radius 3 is 2.83 bits per heavy atom. The third kappa shape index (κ3) is 3.60. The minimum Gasteiger partial charge on any atom is -0.467 e. The Bertz CT molecular complexity index is 789. The van der Waals surface area contributed by atoms with Crippen molar-refractivity contribution in [1.82, 2.24) is 5.32 Å². The number of hydrogen-bond acceptors (Lipinski definition) is 5. The number of carbonyl (C=O) groups is 2. The van der Waals surface area contributed by atoms with Crippen LogP contribution in [0.3, 0.4) is 0 Å². The van der Waals surface area contributed by atoms with E-state index in [1.807, 2.05) is 24.3 Å². The number of carbonyl (C=O) groups excluding carboxylic acids is 2. The van der Waals surface area contributed by atoms with E-state index >= 15 is 0 Å².